The van der Waals surface area contributed by atoms with Crippen LogP contribution in [0.25, 0.3) is 21.9 Å². The third kappa shape index (κ3) is 2.95. The fraction of sp³-hybridized carbons (Fsp3) is 0.0833. The Kier molecular flexibility index (Phi) is 4.09. The first-order chi connectivity index (χ1) is 12.2. The fourth-order valence-corrected chi connectivity index (χ4v) is 3.42. The van der Waals surface area contributed by atoms with E-state index in [2.05, 4.69) is 55.5 Å². The molecule has 0 aliphatic carbocycles. The van der Waals surface area contributed by atoms with Gasteiger partial charge in [0.05, 0.1) is 0 Å². The number of aliphatic hydroxyl groups is 1. The van der Waals surface area contributed by atoms with E-state index in [1.807, 2.05) is 42.5 Å². The second-order valence-corrected chi connectivity index (χ2v) is 6.41. The minimum atomic E-state index is -0.629. The zero-order valence-electron chi connectivity index (χ0n) is 14.2. The van der Waals surface area contributed by atoms with Crippen molar-refractivity contribution in [1.29, 1.82) is 0 Å². The Morgan fingerprint density at radius 2 is 1.28 bits per heavy atom. The SMILES string of the molecule is Cc1ccc2ccccc2c1[C@@H](O)c1ccc(-c2ccccc2)cc1. The molecule has 122 valence electrons. The molecular formula is C24H20O. The molecule has 0 radical (unpaired) electrons. The highest BCUT2D eigenvalue weighted by Gasteiger charge is 2.16. The lowest BCUT2D eigenvalue weighted by Gasteiger charge is -2.17. The quantitative estimate of drug-likeness (QED) is 0.497. The van der Waals surface area contributed by atoms with Crippen molar-refractivity contribution in [2.45, 2.75) is 13.0 Å². The number of rotatable bonds is 3. The van der Waals surface area contributed by atoms with Crippen LogP contribution in [-0.4, -0.2) is 5.11 Å². The van der Waals surface area contributed by atoms with Crippen LogP contribution in [0.3, 0.4) is 0 Å². The van der Waals surface area contributed by atoms with E-state index in [4.69, 9.17) is 0 Å². The molecule has 0 amide bonds. The molecule has 4 rings (SSSR count). The molecule has 4 aromatic rings. The van der Waals surface area contributed by atoms with Crippen LogP contribution in [0.4, 0.5) is 0 Å². The van der Waals surface area contributed by atoms with Crippen molar-refractivity contribution >= 4 is 10.8 Å². The van der Waals surface area contributed by atoms with E-state index >= 15 is 0 Å². The van der Waals surface area contributed by atoms with Crippen molar-refractivity contribution in [2.24, 2.45) is 0 Å². The van der Waals surface area contributed by atoms with Gasteiger partial charge < -0.3 is 5.11 Å². The number of aryl methyl sites for hydroxylation is 1. The number of benzene rings is 4. The summed E-state index contributed by atoms with van der Waals surface area (Å²) in [6.07, 6.45) is -0.629. The van der Waals surface area contributed by atoms with Gasteiger partial charge in [-0.1, -0.05) is 91.0 Å². The highest BCUT2D eigenvalue weighted by molar-refractivity contribution is 5.87. The van der Waals surface area contributed by atoms with Crippen molar-refractivity contribution in [3.63, 3.8) is 0 Å². The summed E-state index contributed by atoms with van der Waals surface area (Å²) in [6.45, 7) is 2.06. The third-order valence-corrected chi connectivity index (χ3v) is 4.80. The maximum absolute atomic E-state index is 11.0. The van der Waals surface area contributed by atoms with E-state index in [9.17, 15) is 5.11 Å². The number of fused-ring (bicyclic) bond motifs is 1. The summed E-state index contributed by atoms with van der Waals surface area (Å²) in [7, 11) is 0. The summed E-state index contributed by atoms with van der Waals surface area (Å²) in [5.74, 6) is 0. The van der Waals surface area contributed by atoms with Gasteiger partial charge in [0.2, 0.25) is 0 Å². The predicted octanol–water partition coefficient (Wildman–Crippen LogP) is 5.90. The first-order valence-corrected chi connectivity index (χ1v) is 8.56. The van der Waals surface area contributed by atoms with Crippen LogP contribution in [0.15, 0.2) is 91.0 Å². The molecule has 0 saturated heterocycles. The smallest absolute Gasteiger partial charge is 0.105 e. The molecule has 0 heterocycles. The van der Waals surface area contributed by atoms with Gasteiger partial charge in [0.25, 0.3) is 0 Å². The standard InChI is InChI=1S/C24H20O/c1-17-11-12-20-9-5-6-10-22(20)23(17)24(25)21-15-13-19(14-16-21)18-7-3-2-4-8-18/h2-16,24-25H,1H3/t24-/m0/s1. The molecule has 0 spiro atoms. The van der Waals surface area contributed by atoms with Crippen LogP contribution in [0.1, 0.15) is 22.8 Å². The van der Waals surface area contributed by atoms with Gasteiger partial charge in [-0.25, -0.2) is 0 Å². The van der Waals surface area contributed by atoms with Crippen LogP contribution in [0, 0.1) is 6.92 Å². The highest BCUT2D eigenvalue weighted by Crippen LogP contribution is 2.32. The second-order valence-electron chi connectivity index (χ2n) is 6.41. The Balaban J connectivity index is 1.75. The molecule has 4 aromatic carbocycles. The van der Waals surface area contributed by atoms with Crippen LogP contribution in [-0.2, 0) is 0 Å². The van der Waals surface area contributed by atoms with Gasteiger partial charge >= 0.3 is 0 Å². The van der Waals surface area contributed by atoms with Crippen molar-refractivity contribution < 1.29 is 5.11 Å². The van der Waals surface area contributed by atoms with Crippen molar-refractivity contribution in [3.8, 4) is 11.1 Å². The van der Waals surface area contributed by atoms with Gasteiger partial charge in [-0.3, -0.25) is 0 Å². The lowest BCUT2D eigenvalue weighted by Crippen LogP contribution is -2.03. The summed E-state index contributed by atoms with van der Waals surface area (Å²) < 4.78 is 0. The van der Waals surface area contributed by atoms with Gasteiger partial charge in [0, 0.05) is 0 Å². The normalized spacial score (nSPS) is 12.2. The summed E-state index contributed by atoms with van der Waals surface area (Å²) in [5.41, 5.74) is 5.36. The Hall–Kier alpha value is -2.90. The maximum atomic E-state index is 11.0. The number of aliphatic hydroxyl groups excluding tert-OH is 1. The average Bonchev–Trinajstić information content (AvgIpc) is 2.68. The van der Waals surface area contributed by atoms with Crippen molar-refractivity contribution in [3.05, 3.63) is 108 Å². The lowest BCUT2D eigenvalue weighted by molar-refractivity contribution is 0.221. The van der Waals surface area contributed by atoms with Crippen LogP contribution >= 0.6 is 0 Å². The van der Waals surface area contributed by atoms with E-state index in [0.717, 1.165) is 33.0 Å². The van der Waals surface area contributed by atoms with E-state index < -0.39 is 6.10 Å². The first kappa shape index (κ1) is 15.6. The minimum Gasteiger partial charge on any atom is -0.384 e. The summed E-state index contributed by atoms with van der Waals surface area (Å²) in [4.78, 5) is 0. The molecule has 1 heteroatoms. The molecule has 0 aliphatic heterocycles. The van der Waals surface area contributed by atoms with E-state index in [-0.39, 0.29) is 0 Å². The zero-order chi connectivity index (χ0) is 17.2. The molecule has 0 saturated carbocycles. The van der Waals surface area contributed by atoms with E-state index in [1.54, 1.807) is 0 Å². The molecule has 1 nitrogen and oxygen atoms in total. The number of hydrogen-bond acceptors (Lipinski definition) is 1. The molecule has 0 bridgehead atoms. The summed E-state index contributed by atoms with van der Waals surface area (Å²) in [6, 6.07) is 30.9. The van der Waals surface area contributed by atoms with Gasteiger partial charge in [-0.2, -0.15) is 0 Å². The Bertz CT molecular complexity index is 1000. The largest absolute Gasteiger partial charge is 0.384 e. The predicted molar refractivity (Wildman–Crippen MR) is 105 cm³/mol. The van der Waals surface area contributed by atoms with Gasteiger partial charge in [-0.15, -0.1) is 0 Å². The monoisotopic (exact) mass is 324 g/mol. The highest BCUT2D eigenvalue weighted by atomic mass is 16.3. The Labute approximate surface area is 148 Å². The average molecular weight is 324 g/mol. The Morgan fingerprint density at radius 3 is 2.04 bits per heavy atom. The summed E-state index contributed by atoms with van der Waals surface area (Å²) >= 11 is 0. The molecule has 0 fully saturated rings. The topological polar surface area (TPSA) is 20.2 Å². The van der Waals surface area contributed by atoms with Gasteiger partial charge in [-0.05, 0) is 45.5 Å². The molecule has 25 heavy (non-hydrogen) atoms. The molecular weight excluding hydrogens is 304 g/mol. The Morgan fingerprint density at radius 1 is 0.640 bits per heavy atom. The summed E-state index contributed by atoms with van der Waals surface area (Å²) in [5, 5.41) is 13.3. The third-order valence-electron chi connectivity index (χ3n) is 4.80. The molecule has 0 aromatic heterocycles. The first-order valence-electron chi connectivity index (χ1n) is 8.56. The molecule has 0 aliphatic rings. The second kappa shape index (κ2) is 6.54. The van der Waals surface area contributed by atoms with Gasteiger partial charge in [0.15, 0.2) is 0 Å². The molecule has 1 N–H and O–H groups in total. The maximum Gasteiger partial charge on any atom is 0.105 e. The molecule has 1 atom stereocenters. The lowest BCUT2D eigenvalue weighted by atomic mass is 9.91. The fourth-order valence-electron chi connectivity index (χ4n) is 3.42. The minimum absolute atomic E-state index is 0.629. The number of hydrogen-bond donors (Lipinski definition) is 1. The van der Waals surface area contributed by atoms with Crippen LogP contribution < -0.4 is 0 Å². The van der Waals surface area contributed by atoms with E-state index in [1.165, 1.54) is 5.56 Å². The van der Waals surface area contributed by atoms with E-state index in [0.29, 0.717) is 0 Å². The van der Waals surface area contributed by atoms with Gasteiger partial charge in [0.1, 0.15) is 6.10 Å². The van der Waals surface area contributed by atoms with Crippen LogP contribution in [0.2, 0.25) is 0 Å². The van der Waals surface area contributed by atoms with Crippen molar-refractivity contribution in [2.75, 3.05) is 0 Å². The van der Waals surface area contributed by atoms with Crippen LogP contribution in [0.5, 0.6) is 0 Å². The van der Waals surface area contributed by atoms with Crippen molar-refractivity contribution in [1.82, 2.24) is 0 Å². The zero-order valence-corrected chi connectivity index (χ0v) is 14.2. The molecule has 0 unspecified atom stereocenters.